The molecule has 1 aromatic carbocycles. The number of nitrogens with zero attached hydrogens (tertiary/aromatic N) is 2. The molecule has 20 heavy (non-hydrogen) atoms. The van der Waals surface area contributed by atoms with E-state index in [-0.39, 0.29) is 0 Å². The molecule has 3 nitrogen and oxygen atoms in total. The molecule has 0 amide bonds. The third-order valence-electron chi connectivity index (χ3n) is 4.16. The Balaban J connectivity index is 2.06. The summed E-state index contributed by atoms with van der Waals surface area (Å²) in [4.78, 5) is 4.87. The van der Waals surface area contributed by atoms with Gasteiger partial charge in [-0.2, -0.15) is 0 Å². The standard InChI is InChI=1S/C16H22ClN3/c1-3-8-20-15-10-12(17)4-5-13(15)19-16(20)14-9-11(2)6-7-18-14/h4-5,10-11,14,18H,3,6-9H2,1-2H3. The molecule has 1 aliphatic heterocycles. The van der Waals surface area contributed by atoms with Gasteiger partial charge in [0.05, 0.1) is 17.1 Å². The van der Waals surface area contributed by atoms with Gasteiger partial charge in [0.25, 0.3) is 0 Å². The molecule has 1 fully saturated rings. The van der Waals surface area contributed by atoms with Crippen LogP contribution in [0.3, 0.4) is 0 Å². The van der Waals surface area contributed by atoms with Crippen LogP contribution in [0.5, 0.6) is 0 Å². The number of rotatable bonds is 3. The van der Waals surface area contributed by atoms with Gasteiger partial charge < -0.3 is 9.88 Å². The Morgan fingerprint density at radius 3 is 3.05 bits per heavy atom. The SMILES string of the molecule is CCCn1c(C2CC(C)CCN2)nc2ccc(Cl)cc21. The quantitative estimate of drug-likeness (QED) is 0.920. The van der Waals surface area contributed by atoms with Crippen LogP contribution >= 0.6 is 11.6 Å². The van der Waals surface area contributed by atoms with Crippen molar-refractivity contribution in [2.24, 2.45) is 5.92 Å². The molecular weight excluding hydrogens is 270 g/mol. The summed E-state index contributed by atoms with van der Waals surface area (Å²) in [6, 6.07) is 6.36. The highest BCUT2D eigenvalue weighted by Crippen LogP contribution is 2.30. The molecule has 2 heterocycles. The second-order valence-electron chi connectivity index (χ2n) is 5.89. The summed E-state index contributed by atoms with van der Waals surface area (Å²) in [5, 5.41) is 4.41. The lowest BCUT2D eigenvalue weighted by molar-refractivity contribution is 0.310. The minimum absolute atomic E-state index is 0.372. The Morgan fingerprint density at radius 2 is 2.30 bits per heavy atom. The van der Waals surface area contributed by atoms with E-state index < -0.39 is 0 Å². The highest BCUT2D eigenvalue weighted by Gasteiger charge is 2.24. The van der Waals surface area contributed by atoms with Crippen LogP contribution in [0.2, 0.25) is 5.02 Å². The summed E-state index contributed by atoms with van der Waals surface area (Å²) in [7, 11) is 0. The first-order chi connectivity index (χ1) is 9.69. The van der Waals surface area contributed by atoms with Crippen molar-refractivity contribution in [1.82, 2.24) is 14.9 Å². The molecule has 108 valence electrons. The third kappa shape index (κ3) is 2.57. The van der Waals surface area contributed by atoms with Gasteiger partial charge in [-0.15, -0.1) is 0 Å². The number of piperidine rings is 1. The van der Waals surface area contributed by atoms with Crippen LogP contribution in [0.25, 0.3) is 11.0 Å². The molecule has 0 radical (unpaired) electrons. The average molecular weight is 292 g/mol. The van der Waals surface area contributed by atoms with E-state index in [1.165, 1.54) is 18.7 Å². The summed E-state index contributed by atoms with van der Waals surface area (Å²) >= 11 is 6.15. The van der Waals surface area contributed by atoms with Gasteiger partial charge in [-0.3, -0.25) is 0 Å². The van der Waals surface area contributed by atoms with Crippen LogP contribution < -0.4 is 5.32 Å². The van der Waals surface area contributed by atoms with Crippen LogP contribution in [0, 0.1) is 5.92 Å². The summed E-state index contributed by atoms with van der Waals surface area (Å²) in [5.74, 6) is 1.94. The second-order valence-corrected chi connectivity index (χ2v) is 6.33. The van der Waals surface area contributed by atoms with E-state index in [2.05, 4.69) is 23.7 Å². The Kier molecular flexibility index (Phi) is 3.99. The van der Waals surface area contributed by atoms with Crippen molar-refractivity contribution >= 4 is 22.6 Å². The average Bonchev–Trinajstić information content (AvgIpc) is 2.78. The van der Waals surface area contributed by atoms with Gasteiger partial charge in [0, 0.05) is 11.6 Å². The van der Waals surface area contributed by atoms with E-state index >= 15 is 0 Å². The Bertz CT molecular complexity index is 605. The van der Waals surface area contributed by atoms with Gasteiger partial charge >= 0.3 is 0 Å². The molecule has 0 spiro atoms. The lowest BCUT2D eigenvalue weighted by Crippen LogP contribution is -2.32. The predicted octanol–water partition coefficient (Wildman–Crippen LogP) is 4.16. The predicted molar refractivity (Wildman–Crippen MR) is 84.2 cm³/mol. The van der Waals surface area contributed by atoms with E-state index in [9.17, 15) is 0 Å². The van der Waals surface area contributed by atoms with E-state index in [0.29, 0.717) is 6.04 Å². The maximum absolute atomic E-state index is 6.15. The third-order valence-corrected chi connectivity index (χ3v) is 4.40. The van der Waals surface area contributed by atoms with Gasteiger partial charge in [-0.1, -0.05) is 25.4 Å². The molecule has 1 aliphatic rings. The van der Waals surface area contributed by atoms with E-state index in [0.717, 1.165) is 41.5 Å². The lowest BCUT2D eigenvalue weighted by Gasteiger charge is -2.28. The van der Waals surface area contributed by atoms with Gasteiger partial charge in [0.15, 0.2) is 0 Å². The number of benzene rings is 1. The van der Waals surface area contributed by atoms with Gasteiger partial charge in [-0.25, -0.2) is 4.98 Å². The van der Waals surface area contributed by atoms with Crippen molar-refractivity contribution in [2.45, 2.75) is 45.7 Å². The van der Waals surface area contributed by atoms with Crippen LogP contribution in [-0.4, -0.2) is 16.1 Å². The zero-order valence-corrected chi connectivity index (χ0v) is 13.0. The van der Waals surface area contributed by atoms with Crippen molar-refractivity contribution in [1.29, 1.82) is 0 Å². The van der Waals surface area contributed by atoms with Crippen LogP contribution in [0.1, 0.15) is 45.0 Å². The van der Waals surface area contributed by atoms with E-state index in [4.69, 9.17) is 16.6 Å². The fourth-order valence-electron chi connectivity index (χ4n) is 3.14. The summed E-state index contributed by atoms with van der Waals surface area (Å²) in [6.45, 7) is 6.62. The fourth-order valence-corrected chi connectivity index (χ4v) is 3.31. The van der Waals surface area contributed by atoms with Crippen molar-refractivity contribution < 1.29 is 0 Å². The molecule has 2 aromatic rings. The number of hydrogen-bond donors (Lipinski definition) is 1. The molecule has 0 saturated carbocycles. The summed E-state index contributed by atoms with van der Waals surface area (Å²) in [6.07, 6.45) is 3.53. The first-order valence-corrected chi connectivity index (χ1v) is 7.96. The monoisotopic (exact) mass is 291 g/mol. The Morgan fingerprint density at radius 1 is 1.45 bits per heavy atom. The number of aryl methyl sites for hydroxylation is 1. The van der Waals surface area contributed by atoms with Crippen molar-refractivity contribution in [3.8, 4) is 0 Å². The molecule has 1 N–H and O–H groups in total. The van der Waals surface area contributed by atoms with E-state index in [1.807, 2.05) is 18.2 Å². The second kappa shape index (κ2) is 5.74. The van der Waals surface area contributed by atoms with Crippen LogP contribution in [0.4, 0.5) is 0 Å². The highest BCUT2D eigenvalue weighted by molar-refractivity contribution is 6.31. The van der Waals surface area contributed by atoms with E-state index in [1.54, 1.807) is 0 Å². The first kappa shape index (κ1) is 13.9. The molecule has 0 aliphatic carbocycles. The molecule has 2 unspecified atom stereocenters. The highest BCUT2D eigenvalue weighted by atomic mass is 35.5. The number of fused-ring (bicyclic) bond motifs is 1. The Labute approximate surface area is 125 Å². The number of imidazole rings is 1. The van der Waals surface area contributed by atoms with Crippen molar-refractivity contribution in [2.75, 3.05) is 6.54 Å². The number of hydrogen-bond acceptors (Lipinski definition) is 2. The van der Waals surface area contributed by atoms with Crippen LogP contribution in [0.15, 0.2) is 18.2 Å². The zero-order chi connectivity index (χ0) is 14.1. The molecule has 1 saturated heterocycles. The number of nitrogens with one attached hydrogen (secondary N) is 1. The lowest BCUT2D eigenvalue weighted by atomic mass is 9.94. The fraction of sp³-hybridized carbons (Fsp3) is 0.562. The normalized spacial score (nSPS) is 23.4. The number of aromatic nitrogens is 2. The minimum Gasteiger partial charge on any atom is -0.327 e. The molecule has 2 atom stereocenters. The first-order valence-electron chi connectivity index (χ1n) is 7.58. The molecule has 0 bridgehead atoms. The topological polar surface area (TPSA) is 29.9 Å². The summed E-state index contributed by atoms with van der Waals surface area (Å²) < 4.78 is 2.34. The van der Waals surface area contributed by atoms with Crippen LogP contribution in [-0.2, 0) is 6.54 Å². The molecular formula is C16H22ClN3. The summed E-state index contributed by atoms with van der Waals surface area (Å²) in [5.41, 5.74) is 2.22. The van der Waals surface area contributed by atoms with Gasteiger partial charge in [0.1, 0.15) is 5.82 Å². The van der Waals surface area contributed by atoms with Crippen molar-refractivity contribution in [3.05, 3.63) is 29.0 Å². The van der Waals surface area contributed by atoms with Gasteiger partial charge in [0.2, 0.25) is 0 Å². The smallest absolute Gasteiger partial charge is 0.127 e. The number of halogens is 1. The zero-order valence-electron chi connectivity index (χ0n) is 12.2. The maximum Gasteiger partial charge on any atom is 0.127 e. The van der Waals surface area contributed by atoms with Crippen molar-refractivity contribution in [3.63, 3.8) is 0 Å². The molecule has 3 rings (SSSR count). The largest absolute Gasteiger partial charge is 0.327 e. The Hall–Kier alpha value is -1.06. The maximum atomic E-state index is 6.15. The molecule has 4 heteroatoms. The van der Waals surface area contributed by atoms with Gasteiger partial charge in [-0.05, 0) is 49.9 Å². The molecule has 1 aromatic heterocycles. The minimum atomic E-state index is 0.372.